The van der Waals surface area contributed by atoms with Crippen LogP contribution in [0, 0.1) is 0 Å². The predicted molar refractivity (Wildman–Crippen MR) is 77.1 cm³/mol. The summed E-state index contributed by atoms with van der Waals surface area (Å²) in [6.07, 6.45) is 0. The van der Waals surface area contributed by atoms with Crippen molar-refractivity contribution in [2.75, 3.05) is 7.11 Å². The van der Waals surface area contributed by atoms with Crippen molar-refractivity contribution in [2.24, 2.45) is 0 Å². The van der Waals surface area contributed by atoms with Gasteiger partial charge in [-0.1, -0.05) is 18.2 Å². The van der Waals surface area contributed by atoms with E-state index in [-0.39, 0.29) is 5.89 Å². The summed E-state index contributed by atoms with van der Waals surface area (Å²) in [5.41, 5.74) is 0.936. The summed E-state index contributed by atoms with van der Waals surface area (Å²) in [4.78, 5) is 27.9. The second-order valence-electron chi connectivity index (χ2n) is 4.40. The van der Waals surface area contributed by atoms with E-state index in [1.165, 1.54) is 25.3 Å². The van der Waals surface area contributed by atoms with Gasteiger partial charge in [0.25, 0.3) is 0 Å². The Balaban J connectivity index is 2.22. The summed E-state index contributed by atoms with van der Waals surface area (Å²) in [7, 11) is 1.30. The fourth-order valence-corrected chi connectivity index (χ4v) is 2.02. The standard InChI is InChI=1S/C16H11NO4/c1-20-15(18)11-7-8-12-13(9-11)17-14(21-16(12)19)10-5-3-2-4-6-10/h2-9H,1H3. The number of rotatable bonds is 2. The van der Waals surface area contributed by atoms with Crippen molar-refractivity contribution in [2.45, 2.75) is 0 Å². The number of fused-ring (bicyclic) bond motifs is 1. The van der Waals surface area contributed by atoms with Gasteiger partial charge in [-0.15, -0.1) is 0 Å². The molecule has 0 N–H and O–H groups in total. The molecule has 0 saturated heterocycles. The number of carbonyl (C=O) groups is 1. The lowest BCUT2D eigenvalue weighted by Gasteiger charge is -2.03. The molecule has 0 unspecified atom stereocenters. The van der Waals surface area contributed by atoms with Crippen LogP contribution in [-0.2, 0) is 4.74 Å². The smallest absolute Gasteiger partial charge is 0.347 e. The number of aromatic nitrogens is 1. The van der Waals surface area contributed by atoms with Gasteiger partial charge in [0.05, 0.1) is 23.6 Å². The van der Waals surface area contributed by atoms with E-state index in [0.29, 0.717) is 22.0 Å². The van der Waals surface area contributed by atoms with Crippen molar-refractivity contribution < 1.29 is 13.9 Å². The average Bonchev–Trinajstić information content (AvgIpc) is 2.54. The molecule has 5 heteroatoms. The highest BCUT2D eigenvalue weighted by molar-refractivity contribution is 5.94. The highest BCUT2D eigenvalue weighted by atomic mass is 16.5. The van der Waals surface area contributed by atoms with E-state index in [1.807, 2.05) is 18.2 Å². The molecule has 0 atom stereocenters. The Kier molecular flexibility index (Phi) is 3.23. The highest BCUT2D eigenvalue weighted by Crippen LogP contribution is 2.19. The molecular weight excluding hydrogens is 270 g/mol. The minimum atomic E-state index is -0.490. The largest absolute Gasteiger partial charge is 0.465 e. The Morgan fingerprint density at radius 2 is 1.90 bits per heavy atom. The normalized spacial score (nSPS) is 10.5. The van der Waals surface area contributed by atoms with E-state index in [0.717, 1.165) is 0 Å². The van der Waals surface area contributed by atoms with Crippen LogP contribution in [0.3, 0.4) is 0 Å². The third-order valence-electron chi connectivity index (χ3n) is 3.07. The molecule has 0 bridgehead atoms. The van der Waals surface area contributed by atoms with Gasteiger partial charge in [-0.05, 0) is 30.3 Å². The van der Waals surface area contributed by atoms with Crippen LogP contribution in [0.15, 0.2) is 57.7 Å². The lowest BCUT2D eigenvalue weighted by Crippen LogP contribution is -2.06. The van der Waals surface area contributed by atoms with Gasteiger partial charge in [0.1, 0.15) is 0 Å². The maximum atomic E-state index is 12.0. The molecule has 0 fully saturated rings. The third-order valence-corrected chi connectivity index (χ3v) is 3.07. The molecule has 0 saturated carbocycles. The summed E-state index contributed by atoms with van der Waals surface area (Å²) in [5, 5.41) is 0.322. The van der Waals surface area contributed by atoms with Crippen molar-refractivity contribution in [1.29, 1.82) is 0 Å². The number of benzene rings is 2. The molecule has 5 nitrogen and oxygen atoms in total. The van der Waals surface area contributed by atoms with Crippen LogP contribution in [-0.4, -0.2) is 18.1 Å². The van der Waals surface area contributed by atoms with E-state index in [1.54, 1.807) is 12.1 Å². The van der Waals surface area contributed by atoms with E-state index in [4.69, 9.17) is 4.42 Å². The minimum absolute atomic E-state index is 0.218. The zero-order valence-corrected chi connectivity index (χ0v) is 11.2. The number of hydrogen-bond acceptors (Lipinski definition) is 5. The van der Waals surface area contributed by atoms with Gasteiger partial charge < -0.3 is 9.15 Å². The monoisotopic (exact) mass is 281 g/mol. The molecule has 21 heavy (non-hydrogen) atoms. The molecule has 0 radical (unpaired) electrons. The van der Waals surface area contributed by atoms with Gasteiger partial charge in [0.15, 0.2) is 0 Å². The average molecular weight is 281 g/mol. The summed E-state index contributed by atoms with van der Waals surface area (Å²) < 4.78 is 9.88. The Bertz CT molecular complexity index is 868. The molecule has 0 spiro atoms. The molecule has 1 aromatic heterocycles. The van der Waals surface area contributed by atoms with Gasteiger partial charge in [0.2, 0.25) is 5.89 Å². The van der Waals surface area contributed by atoms with Crippen molar-refractivity contribution in [3.05, 3.63) is 64.5 Å². The zero-order chi connectivity index (χ0) is 14.8. The van der Waals surface area contributed by atoms with Gasteiger partial charge in [0, 0.05) is 5.56 Å². The van der Waals surface area contributed by atoms with Crippen LogP contribution in [0.4, 0.5) is 0 Å². The van der Waals surface area contributed by atoms with Crippen molar-refractivity contribution in [3.63, 3.8) is 0 Å². The van der Waals surface area contributed by atoms with E-state index >= 15 is 0 Å². The molecule has 0 amide bonds. The molecular formula is C16H11NO4. The molecule has 0 aliphatic rings. The van der Waals surface area contributed by atoms with Gasteiger partial charge in [-0.25, -0.2) is 14.6 Å². The van der Waals surface area contributed by atoms with Crippen molar-refractivity contribution in [1.82, 2.24) is 4.98 Å². The minimum Gasteiger partial charge on any atom is -0.465 e. The molecule has 3 rings (SSSR count). The van der Waals surface area contributed by atoms with Gasteiger partial charge in [-0.2, -0.15) is 0 Å². The lowest BCUT2D eigenvalue weighted by atomic mass is 10.1. The van der Waals surface area contributed by atoms with Crippen molar-refractivity contribution in [3.8, 4) is 11.5 Å². The first-order valence-electron chi connectivity index (χ1n) is 6.27. The molecule has 3 aromatic rings. The fraction of sp³-hybridized carbons (Fsp3) is 0.0625. The second kappa shape index (κ2) is 5.20. The Morgan fingerprint density at radius 3 is 2.62 bits per heavy atom. The summed E-state index contributed by atoms with van der Waals surface area (Å²) in [6.45, 7) is 0. The maximum Gasteiger partial charge on any atom is 0.347 e. The summed E-state index contributed by atoms with van der Waals surface area (Å²) in [6, 6.07) is 13.6. The van der Waals surface area contributed by atoms with Gasteiger partial charge in [-0.3, -0.25) is 0 Å². The highest BCUT2D eigenvalue weighted by Gasteiger charge is 2.11. The molecule has 104 valence electrons. The Hall–Kier alpha value is -2.95. The predicted octanol–water partition coefficient (Wildman–Crippen LogP) is 2.64. The number of esters is 1. The third kappa shape index (κ3) is 2.41. The fourth-order valence-electron chi connectivity index (χ4n) is 2.02. The van der Waals surface area contributed by atoms with Crippen LogP contribution in [0.25, 0.3) is 22.4 Å². The lowest BCUT2D eigenvalue weighted by molar-refractivity contribution is 0.0601. The first-order chi connectivity index (χ1) is 10.2. The van der Waals surface area contributed by atoms with Crippen LogP contribution in [0.5, 0.6) is 0 Å². The number of methoxy groups -OCH3 is 1. The summed E-state index contributed by atoms with van der Waals surface area (Å²) in [5.74, 6) is -0.261. The second-order valence-corrected chi connectivity index (χ2v) is 4.40. The number of ether oxygens (including phenoxy) is 1. The first kappa shape index (κ1) is 13.1. The summed E-state index contributed by atoms with van der Waals surface area (Å²) >= 11 is 0. The topological polar surface area (TPSA) is 69.4 Å². The van der Waals surface area contributed by atoms with Crippen LogP contribution in [0.1, 0.15) is 10.4 Å². The van der Waals surface area contributed by atoms with E-state index in [9.17, 15) is 9.59 Å². The molecule has 0 aliphatic heterocycles. The molecule has 2 aromatic carbocycles. The van der Waals surface area contributed by atoms with Crippen LogP contribution < -0.4 is 5.63 Å². The number of hydrogen-bond donors (Lipinski definition) is 0. The zero-order valence-electron chi connectivity index (χ0n) is 11.2. The Morgan fingerprint density at radius 1 is 1.14 bits per heavy atom. The van der Waals surface area contributed by atoms with Crippen LogP contribution >= 0.6 is 0 Å². The number of carbonyl (C=O) groups excluding carboxylic acids is 1. The molecule has 1 heterocycles. The molecule has 0 aliphatic carbocycles. The van der Waals surface area contributed by atoms with Crippen molar-refractivity contribution >= 4 is 16.9 Å². The SMILES string of the molecule is COC(=O)c1ccc2c(=O)oc(-c3ccccc3)nc2c1. The van der Waals surface area contributed by atoms with E-state index in [2.05, 4.69) is 9.72 Å². The quantitative estimate of drug-likeness (QED) is 0.675. The maximum absolute atomic E-state index is 12.0. The van der Waals surface area contributed by atoms with Gasteiger partial charge >= 0.3 is 11.6 Å². The Labute approximate surface area is 119 Å². The first-order valence-corrected chi connectivity index (χ1v) is 6.27. The number of nitrogens with zero attached hydrogens (tertiary/aromatic N) is 1. The van der Waals surface area contributed by atoms with E-state index < -0.39 is 11.6 Å². The van der Waals surface area contributed by atoms with Crippen LogP contribution in [0.2, 0.25) is 0 Å².